The van der Waals surface area contributed by atoms with Crippen LogP contribution in [0, 0.1) is 11.2 Å². The van der Waals surface area contributed by atoms with Crippen molar-refractivity contribution in [2.24, 2.45) is 5.41 Å². The van der Waals surface area contributed by atoms with Gasteiger partial charge in [-0.15, -0.1) is 0 Å². The molecule has 4 nitrogen and oxygen atoms in total. The zero-order valence-electron chi connectivity index (χ0n) is 11.1. The van der Waals surface area contributed by atoms with Gasteiger partial charge in [-0.05, 0) is 42.9 Å². The van der Waals surface area contributed by atoms with Crippen molar-refractivity contribution < 1.29 is 12.8 Å². The van der Waals surface area contributed by atoms with Gasteiger partial charge in [0.2, 0.25) is 10.0 Å². The summed E-state index contributed by atoms with van der Waals surface area (Å²) in [6.45, 7) is 4.24. The molecule has 106 valence electrons. The summed E-state index contributed by atoms with van der Waals surface area (Å²) in [5.41, 5.74) is 5.41. The Bertz CT molecular complexity index is 584. The highest BCUT2D eigenvalue weighted by molar-refractivity contribution is 7.89. The second-order valence-corrected chi connectivity index (χ2v) is 7.62. The van der Waals surface area contributed by atoms with Crippen LogP contribution in [-0.2, 0) is 10.0 Å². The molecule has 0 bridgehead atoms. The highest BCUT2D eigenvalue weighted by atomic mass is 32.2. The van der Waals surface area contributed by atoms with Gasteiger partial charge in [0.25, 0.3) is 0 Å². The van der Waals surface area contributed by atoms with E-state index in [1.807, 2.05) is 0 Å². The van der Waals surface area contributed by atoms with Crippen molar-refractivity contribution in [1.29, 1.82) is 0 Å². The largest absolute Gasteiger partial charge is 0.396 e. The zero-order valence-corrected chi connectivity index (χ0v) is 11.9. The van der Waals surface area contributed by atoms with Crippen molar-refractivity contribution in [3.05, 3.63) is 24.0 Å². The number of nitrogen functional groups attached to an aromatic ring is 1. The Kier molecular flexibility index (Phi) is 3.57. The molecule has 1 saturated carbocycles. The fourth-order valence-electron chi connectivity index (χ4n) is 2.51. The Labute approximate surface area is 113 Å². The number of nitrogens with one attached hydrogen (secondary N) is 1. The number of rotatable bonds is 3. The number of benzene rings is 1. The van der Waals surface area contributed by atoms with Gasteiger partial charge in [-0.2, -0.15) is 0 Å². The Balaban J connectivity index is 2.17. The van der Waals surface area contributed by atoms with E-state index in [9.17, 15) is 12.8 Å². The predicted octanol–water partition coefficient (Wildman–Crippen LogP) is 2.26. The van der Waals surface area contributed by atoms with Gasteiger partial charge in [0, 0.05) is 6.04 Å². The quantitative estimate of drug-likeness (QED) is 0.837. The lowest BCUT2D eigenvalue weighted by Crippen LogP contribution is -2.33. The van der Waals surface area contributed by atoms with Gasteiger partial charge in [-0.1, -0.05) is 13.8 Å². The highest BCUT2D eigenvalue weighted by Crippen LogP contribution is 2.37. The van der Waals surface area contributed by atoms with Gasteiger partial charge < -0.3 is 5.73 Å². The maximum Gasteiger partial charge on any atom is 0.240 e. The molecule has 0 aromatic heterocycles. The minimum Gasteiger partial charge on any atom is -0.396 e. The van der Waals surface area contributed by atoms with Crippen LogP contribution in [0.25, 0.3) is 0 Å². The molecular weight excluding hydrogens is 267 g/mol. The molecule has 0 aliphatic heterocycles. The molecular formula is C13H19FN2O2S. The van der Waals surface area contributed by atoms with Crippen LogP contribution in [0.1, 0.15) is 33.1 Å². The fraction of sp³-hybridized carbons (Fsp3) is 0.538. The van der Waals surface area contributed by atoms with Crippen molar-refractivity contribution in [3.8, 4) is 0 Å². The lowest BCUT2D eigenvalue weighted by atomic mass is 9.92. The molecule has 0 amide bonds. The molecule has 1 aromatic rings. The number of halogens is 1. The lowest BCUT2D eigenvalue weighted by molar-refractivity contribution is 0.372. The molecule has 0 heterocycles. The summed E-state index contributed by atoms with van der Waals surface area (Å²) in [5.74, 6) is -0.610. The SMILES string of the molecule is CC1(C)CCC(NS(=O)(=O)c2ccc(F)c(N)c2)C1. The smallest absolute Gasteiger partial charge is 0.240 e. The van der Waals surface area contributed by atoms with E-state index < -0.39 is 15.8 Å². The van der Waals surface area contributed by atoms with E-state index in [1.54, 1.807) is 0 Å². The van der Waals surface area contributed by atoms with Crippen molar-refractivity contribution in [2.45, 2.75) is 44.0 Å². The molecule has 1 fully saturated rings. The summed E-state index contributed by atoms with van der Waals surface area (Å²) in [7, 11) is -3.63. The number of nitrogens with two attached hydrogens (primary N) is 1. The lowest BCUT2D eigenvalue weighted by Gasteiger charge is -2.18. The fourth-order valence-corrected chi connectivity index (χ4v) is 3.82. The Hall–Kier alpha value is -1.14. The van der Waals surface area contributed by atoms with Gasteiger partial charge in [0.15, 0.2) is 0 Å². The van der Waals surface area contributed by atoms with Crippen LogP contribution in [0.2, 0.25) is 0 Å². The Morgan fingerprint density at radius 3 is 2.63 bits per heavy atom. The van der Waals surface area contributed by atoms with E-state index in [2.05, 4.69) is 18.6 Å². The van der Waals surface area contributed by atoms with E-state index >= 15 is 0 Å². The van der Waals surface area contributed by atoms with Crippen LogP contribution >= 0.6 is 0 Å². The molecule has 1 unspecified atom stereocenters. The van der Waals surface area contributed by atoms with Gasteiger partial charge in [0.05, 0.1) is 10.6 Å². The summed E-state index contributed by atoms with van der Waals surface area (Å²) in [6.07, 6.45) is 2.62. The molecule has 2 rings (SSSR count). The van der Waals surface area contributed by atoms with E-state index in [-0.39, 0.29) is 22.0 Å². The van der Waals surface area contributed by atoms with Crippen LogP contribution in [-0.4, -0.2) is 14.5 Å². The van der Waals surface area contributed by atoms with Gasteiger partial charge in [-0.25, -0.2) is 17.5 Å². The third kappa shape index (κ3) is 3.25. The summed E-state index contributed by atoms with van der Waals surface area (Å²) >= 11 is 0. The molecule has 3 N–H and O–H groups in total. The molecule has 0 radical (unpaired) electrons. The second kappa shape index (κ2) is 4.76. The molecule has 1 aromatic carbocycles. The van der Waals surface area contributed by atoms with Crippen molar-refractivity contribution in [2.75, 3.05) is 5.73 Å². The Morgan fingerprint density at radius 2 is 2.11 bits per heavy atom. The summed E-state index contributed by atoms with van der Waals surface area (Å²) < 4.78 is 40.1. The molecule has 1 aliphatic carbocycles. The molecule has 1 atom stereocenters. The first-order chi connectivity index (χ1) is 8.70. The van der Waals surface area contributed by atoms with E-state index in [4.69, 9.17) is 5.73 Å². The third-order valence-electron chi connectivity index (χ3n) is 3.57. The summed E-state index contributed by atoms with van der Waals surface area (Å²) in [6, 6.07) is 3.39. The maximum atomic E-state index is 13.1. The molecule has 0 spiro atoms. The third-order valence-corrected chi connectivity index (χ3v) is 5.09. The average molecular weight is 286 g/mol. The van der Waals surface area contributed by atoms with Crippen LogP contribution in [0.15, 0.2) is 23.1 Å². The van der Waals surface area contributed by atoms with Gasteiger partial charge >= 0.3 is 0 Å². The Morgan fingerprint density at radius 1 is 1.42 bits per heavy atom. The topological polar surface area (TPSA) is 72.2 Å². The normalized spacial score (nSPS) is 22.6. The minimum absolute atomic E-state index is 0.0103. The monoisotopic (exact) mass is 286 g/mol. The van der Waals surface area contributed by atoms with E-state index in [0.29, 0.717) is 0 Å². The van der Waals surface area contributed by atoms with Gasteiger partial charge in [-0.3, -0.25) is 0 Å². The molecule has 0 saturated heterocycles. The number of hydrogen-bond donors (Lipinski definition) is 2. The van der Waals surface area contributed by atoms with E-state index in [1.165, 1.54) is 6.07 Å². The molecule has 1 aliphatic rings. The maximum absolute atomic E-state index is 13.1. The number of anilines is 1. The van der Waals surface area contributed by atoms with Crippen LogP contribution in [0.5, 0.6) is 0 Å². The second-order valence-electron chi connectivity index (χ2n) is 5.91. The first-order valence-corrected chi connectivity index (χ1v) is 7.75. The summed E-state index contributed by atoms with van der Waals surface area (Å²) in [5, 5.41) is 0. The van der Waals surface area contributed by atoms with Crippen LogP contribution < -0.4 is 10.5 Å². The zero-order chi connectivity index (χ0) is 14.3. The minimum atomic E-state index is -3.63. The average Bonchev–Trinajstić information content (AvgIpc) is 2.61. The van der Waals surface area contributed by atoms with Gasteiger partial charge in [0.1, 0.15) is 5.82 Å². The van der Waals surface area contributed by atoms with Crippen molar-refractivity contribution >= 4 is 15.7 Å². The summed E-state index contributed by atoms with van der Waals surface area (Å²) in [4.78, 5) is 0.0103. The van der Waals surface area contributed by atoms with Crippen LogP contribution in [0.4, 0.5) is 10.1 Å². The number of hydrogen-bond acceptors (Lipinski definition) is 3. The van der Waals surface area contributed by atoms with Crippen molar-refractivity contribution in [1.82, 2.24) is 4.72 Å². The number of sulfonamides is 1. The first-order valence-electron chi connectivity index (χ1n) is 6.27. The van der Waals surface area contributed by atoms with Crippen molar-refractivity contribution in [3.63, 3.8) is 0 Å². The van der Waals surface area contributed by atoms with E-state index in [0.717, 1.165) is 31.4 Å². The predicted molar refractivity (Wildman–Crippen MR) is 72.6 cm³/mol. The van der Waals surface area contributed by atoms with Crippen LogP contribution in [0.3, 0.4) is 0 Å². The molecule has 6 heteroatoms. The first kappa shape index (κ1) is 14.3. The molecule has 19 heavy (non-hydrogen) atoms. The standard InChI is InChI=1S/C13H19FN2O2S/c1-13(2)6-5-9(8-13)16-19(17,18)10-3-4-11(14)12(15)7-10/h3-4,7,9,16H,5-6,8,15H2,1-2H3. The highest BCUT2D eigenvalue weighted by Gasteiger charge is 2.33.